The maximum absolute atomic E-state index is 11.9. The Kier molecular flexibility index (Phi) is 4.65. The van der Waals surface area contributed by atoms with Gasteiger partial charge in [-0.05, 0) is 27.7 Å². The number of nitrogens with one attached hydrogen (secondary N) is 1. The highest BCUT2D eigenvalue weighted by Crippen LogP contribution is 2.18. The number of hydrogen-bond donors (Lipinski definition) is 1. The fourth-order valence-electron chi connectivity index (χ4n) is 2.93. The van der Waals surface area contributed by atoms with Crippen LogP contribution >= 0.6 is 11.3 Å². The summed E-state index contributed by atoms with van der Waals surface area (Å²) in [6.45, 7) is 10.9. The molecule has 0 aliphatic carbocycles. The van der Waals surface area contributed by atoms with Crippen molar-refractivity contribution in [3.05, 3.63) is 22.1 Å². The largest absolute Gasteiger partial charge is 0.373 e. The first-order valence-electron chi connectivity index (χ1n) is 7.93. The van der Waals surface area contributed by atoms with Crippen molar-refractivity contribution in [1.29, 1.82) is 0 Å². The van der Waals surface area contributed by atoms with E-state index >= 15 is 0 Å². The molecule has 0 unspecified atom stereocenters. The minimum absolute atomic E-state index is 0.138. The van der Waals surface area contributed by atoms with Crippen LogP contribution in [0.5, 0.6) is 0 Å². The van der Waals surface area contributed by atoms with Crippen molar-refractivity contribution in [2.45, 2.75) is 45.9 Å². The van der Waals surface area contributed by atoms with E-state index in [0.717, 1.165) is 30.5 Å². The molecule has 126 valence electrons. The van der Waals surface area contributed by atoms with Crippen LogP contribution in [-0.4, -0.2) is 57.4 Å². The Labute approximate surface area is 139 Å². The van der Waals surface area contributed by atoms with Crippen molar-refractivity contribution in [3.63, 3.8) is 0 Å². The zero-order chi connectivity index (χ0) is 16.6. The maximum Gasteiger partial charge on any atom is 0.275 e. The molecule has 0 spiro atoms. The van der Waals surface area contributed by atoms with E-state index in [1.54, 1.807) is 0 Å². The van der Waals surface area contributed by atoms with Crippen molar-refractivity contribution < 1.29 is 4.74 Å². The average Bonchev–Trinajstić information content (AvgIpc) is 2.87. The van der Waals surface area contributed by atoms with Gasteiger partial charge in [0.05, 0.1) is 12.2 Å². The number of morpholine rings is 1. The smallest absolute Gasteiger partial charge is 0.275 e. The molecule has 2 aromatic heterocycles. The lowest BCUT2D eigenvalue weighted by molar-refractivity contribution is -0.0769. The molecule has 0 bridgehead atoms. The van der Waals surface area contributed by atoms with Gasteiger partial charge in [0.1, 0.15) is 0 Å². The fraction of sp³-hybridized carbons (Fsp3) is 0.667. The lowest BCUT2D eigenvalue weighted by Crippen LogP contribution is -2.51. The van der Waals surface area contributed by atoms with Gasteiger partial charge in [0.15, 0.2) is 0 Å². The standard InChI is InChI=1S/C15H23N5O2S/c1-9-5-13(21)20-15(17-9)23-14(18-20)16-6-10(2)19-7-11(3)22-12(4)8-19/h5,10-12H,6-8H2,1-4H3,(H,16,18)/t10-,11-,12+/m1/s1. The SMILES string of the molecule is Cc1cc(=O)n2nc(NC[C@@H](C)N3C[C@@H](C)O[C@@H](C)C3)sc2n1. The van der Waals surface area contributed by atoms with Crippen LogP contribution in [0.15, 0.2) is 10.9 Å². The molecule has 7 nitrogen and oxygen atoms in total. The predicted molar refractivity (Wildman–Crippen MR) is 91.4 cm³/mol. The molecule has 3 atom stereocenters. The van der Waals surface area contributed by atoms with Crippen LogP contribution in [0.2, 0.25) is 0 Å². The van der Waals surface area contributed by atoms with Crippen LogP contribution in [0.4, 0.5) is 5.13 Å². The van der Waals surface area contributed by atoms with E-state index in [0.29, 0.717) is 11.0 Å². The summed E-state index contributed by atoms with van der Waals surface area (Å²) in [7, 11) is 0. The molecule has 23 heavy (non-hydrogen) atoms. The van der Waals surface area contributed by atoms with Crippen LogP contribution in [0.3, 0.4) is 0 Å². The first-order chi connectivity index (χ1) is 10.9. The molecule has 1 saturated heterocycles. The topological polar surface area (TPSA) is 71.8 Å². The molecule has 1 fully saturated rings. The van der Waals surface area contributed by atoms with Crippen molar-refractivity contribution in [3.8, 4) is 0 Å². The van der Waals surface area contributed by atoms with Gasteiger partial charge in [-0.2, -0.15) is 4.52 Å². The summed E-state index contributed by atoms with van der Waals surface area (Å²) in [6, 6.07) is 1.86. The molecule has 0 radical (unpaired) electrons. The second-order valence-electron chi connectivity index (χ2n) is 6.28. The Morgan fingerprint density at radius 2 is 2.13 bits per heavy atom. The van der Waals surface area contributed by atoms with Crippen LogP contribution in [0.25, 0.3) is 4.96 Å². The van der Waals surface area contributed by atoms with Crippen molar-refractivity contribution in [2.75, 3.05) is 25.0 Å². The number of hydrogen-bond acceptors (Lipinski definition) is 7. The highest BCUT2D eigenvalue weighted by atomic mass is 32.1. The Hall–Kier alpha value is -1.51. The molecule has 0 aromatic carbocycles. The summed E-state index contributed by atoms with van der Waals surface area (Å²) in [4.78, 5) is 19.3. The molecule has 2 aromatic rings. The van der Waals surface area contributed by atoms with E-state index in [2.05, 4.69) is 41.1 Å². The minimum Gasteiger partial charge on any atom is -0.373 e. The number of ether oxygens (including phenoxy) is 1. The van der Waals surface area contributed by atoms with E-state index in [1.807, 2.05) is 6.92 Å². The molecule has 1 aliphatic rings. The van der Waals surface area contributed by atoms with E-state index in [-0.39, 0.29) is 17.8 Å². The van der Waals surface area contributed by atoms with Gasteiger partial charge in [0, 0.05) is 37.4 Å². The quantitative estimate of drug-likeness (QED) is 0.908. The van der Waals surface area contributed by atoms with Crippen molar-refractivity contribution in [1.82, 2.24) is 19.5 Å². The molecule has 0 saturated carbocycles. The van der Waals surface area contributed by atoms with Crippen LogP contribution in [0, 0.1) is 6.92 Å². The number of aromatic nitrogens is 3. The number of fused-ring (bicyclic) bond motifs is 1. The van der Waals surface area contributed by atoms with E-state index in [9.17, 15) is 4.79 Å². The molecule has 3 heterocycles. The number of nitrogens with zero attached hydrogens (tertiary/aromatic N) is 4. The maximum atomic E-state index is 11.9. The van der Waals surface area contributed by atoms with Gasteiger partial charge < -0.3 is 10.1 Å². The molecule has 0 amide bonds. The van der Waals surface area contributed by atoms with E-state index < -0.39 is 0 Å². The summed E-state index contributed by atoms with van der Waals surface area (Å²) in [5, 5.41) is 8.36. The lowest BCUT2D eigenvalue weighted by Gasteiger charge is -2.38. The summed E-state index contributed by atoms with van der Waals surface area (Å²) >= 11 is 1.40. The first kappa shape index (κ1) is 16.4. The molecular formula is C15H23N5O2S. The number of anilines is 1. The molecule has 1 aliphatic heterocycles. The van der Waals surface area contributed by atoms with Gasteiger partial charge in [-0.3, -0.25) is 9.69 Å². The second-order valence-corrected chi connectivity index (χ2v) is 7.23. The van der Waals surface area contributed by atoms with Gasteiger partial charge in [0.2, 0.25) is 10.1 Å². The Bertz CT molecular complexity index is 733. The highest BCUT2D eigenvalue weighted by molar-refractivity contribution is 7.20. The summed E-state index contributed by atoms with van der Waals surface area (Å²) < 4.78 is 7.13. The third kappa shape index (κ3) is 3.70. The normalized spacial score (nSPS) is 24.0. The minimum atomic E-state index is -0.138. The van der Waals surface area contributed by atoms with Crippen LogP contribution in [0.1, 0.15) is 26.5 Å². The third-order valence-corrected chi connectivity index (χ3v) is 4.86. The van der Waals surface area contributed by atoms with Crippen molar-refractivity contribution >= 4 is 21.4 Å². The second kappa shape index (κ2) is 6.54. The number of rotatable bonds is 4. The Morgan fingerprint density at radius 1 is 1.43 bits per heavy atom. The van der Waals surface area contributed by atoms with Gasteiger partial charge in [-0.15, -0.1) is 5.10 Å². The highest BCUT2D eigenvalue weighted by Gasteiger charge is 2.25. The van der Waals surface area contributed by atoms with E-state index in [1.165, 1.54) is 21.9 Å². The first-order valence-corrected chi connectivity index (χ1v) is 8.75. The Morgan fingerprint density at radius 3 is 2.83 bits per heavy atom. The third-order valence-electron chi connectivity index (χ3n) is 3.99. The van der Waals surface area contributed by atoms with E-state index in [4.69, 9.17) is 4.74 Å². The van der Waals surface area contributed by atoms with Crippen LogP contribution in [-0.2, 0) is 4.74 Å². The van der Waals surface area contributed by atoms with Gasteiger partial charge in [0.25, 0.3) is 5.56 Å². The average molecular weight is 337 g/mol. The summed E-state index contributed by atoms with van der Waals surface area (Å²) in [5.74, 6) is 0. The molecule has 1 N–H and O–H groups in total. The molecule has 8 heteroatoms. The van der Waals surface area contributed by atoms with Crippen LogP contribution < -0.4 is 10.9 Å². The number of aryl methyl sites for hydroxylation is 1. The predicted octanol–water partition coefficient (Wildman–Crippen LogP) is 1.37. The molecular weight excluding hydrogens is 314 g/mol. The van der Waals surface area contributed by atoms with Gasteiger partial charge in [-0.1, -0.05) is 11.3 Å². The Balaban J connectivity index is 1.66. The van der Waals surface area contributed by atoms with Gasteiger partial charge in [-0.25, -0.2) is 4.98 Å². The zero-order valence-electron chi connectivity index (χ0n) is 13.9. The monoisotopic (exact) mass is 337 g/mol. The molecule has 3 rings (SSSR count). The van der Waals surface area contributed by atoms with Crippen molar-refractivity contribution in [2.24, 2.45) is 0 Å². The summed E-state index contributed by atoms with van der Waals surface area (Å²) in [5.41, 5.74) is 0.579. The lowest BCUT2D eigenvalue weighted by atomic mass is 10.2. The fourth-order valence-corrected chi connectivity index (χ4v) is 3.79. The summed E-state index contributed by atoms with van der Waals surface area (Å²) in [6.07, 6.45) is 0.517. The zero-order valence-corrected chi connectivity index (χ0v) is 14.8. The van der Waals surface area contributed by atoms with Gasteiger partial charge >= 0.3 is 0 Å².